The highest BCUT2D eigenvalue weighted by molar-refractivity contribution is 7.80. The predicted molar refractivity (Wildman–Crippen MR) is 116 cm³/mol. The van der Waals surface area contributed by atoms with Crippen molar-refractivity contribution in [2.75, 3.05) is 5.75 Å². The first-order valence-corrected chi connectivity index (χ1v) is 10.6. The van der Waals surface area contributed by atoms with Crippen molar-refractivity contribution in [1.82, 2.24) is 16.0 Å². The van der Waals surface area contributed by atoms with Crippen LogP contribution in [0.1, 0.15) is 47.0 Å². The van der Waals surface area contributed by atoms with Gasteiger partial charge in [-0.2, -0.15) is 12.6 Å². The van der Waals surface area contributed by atoms with E-state index in [9.17, 15) is 24.0 Å². The Bertz CT molecular complexity index is 657. The molecule has 3 amide bonds. The highest BCUT2D eigenvalue weighted by atomic mass is 32.1. The van der Waals surface area contributed by atoms with Crippen molar-refractivity contribution in [3.8, 4) is 0 Å². The fraction of sp³-hybridized carbons (Fsp3) is 0.737. The van der Waals surface area contributed by atoms with Gasteiger partial charge in [-0.1, -0.05) is 27.7 Å². The molecular formula is C19H34N4O7S. The Morgan fingerprint density at radius 1 is 0.839 bits per heavy atom. The number of carboxylic acid groups (broad SMARTS) is 2. The van der Waals surface area contributed by atoms with Crippen molar-refractivity contribution in [3.05, 3.63) is 0 Å². The molecule has 0 aliphatic carbocycles. The van der Waals surface area contributed by atoms with Gasteiger partial charge >= 0.3 is 11.9 Å². The molecule has 0 aromatic carbocycles. The van der Waals surface area contributed by atoms with Crippen molar-refractivity contribution in [2.45, 2.75) is 71.1 Å². The summed E-state index contributed by atoms with van der Waals surface area (Å²) in [5, 5.41) is 25.2. The molecule has 4 atom stereocenters. The van der Waals surface area contributed by atoms with E-state index in [4.69, 9.17) is 15.9 Å². The molecule has 0 aromatic rings. The van der Waals surface area contributed by atoms with Crippen LogP contribution in [0.2, 0.25) is 0 Å². The summed E-state index contributed by atoms with van der Waals surface area (Å²) in [6.45, 7) is 7.20. The number of carboxylic acids is 2. The van der Waals surface area contributed by atoms with Crippen LogP contribution in [0.5, 0.6) is 0 Å². The fourth-order valence-corrected chi connectivity index (χ4v) is 2.79. The summed E-state index contributed by atoms with van der Waals surface area (Å²) >= 11 is 3.86. The SMILES string of the molecule is CC(C)CC(NC(=O)C(N)C(C)C)C(=O)NC(CCC(=O)O)C(=O)NC(CS)C(=O)O. The maximum Gasteiger partial charge on any atom is 0.327 e. The number of thiol groups is 1. The average Bonchev–Trinajstić information content (AvgIpc) is 2.66. The normalized spacial score (nSPS) is 15.0. The smallest absolute Gasteiger partial charge is 0.327 e. The van der Waals surface area contributed by atoms with Gasteiger partial charge in [0.2, 0.25) is 17.7 Å². The van der Waals surface area contributed by atoms with Gasteiger partial charge in [0, 0.05) is 12.2 Å². The highest BCUT2D eigenvalue weighted by Crippen LogP contribution is 2.09. The summed E-state index contributed by atoms with van der Waals surface area (Å²) in [5.74, 6) is -4.93. The maximum absolute atomic E-state index is 12.8. The number of hydrogen-bond acceptors (Lipinski definition) is 7. The van der Waals surface area contributed by atoms with Gasteiger partial charge in [-0.25, -0.2) is 4.79 Å². The summed E-state index contributed by atoms with van der Waals surface area (Å²) < 4.78 is 0. The van der Waals surface area contributed by atoms with Crippen molar-refractivity contribution in [3.63, 3.8) is 0 Å². The van der Waals surface area contributed by atoms with Crippen molar-refractivity contribution in [2.24, 2.45) is 17.6 Å². The zero-order chi connectivity index (χ0) is 24.3. The van der Waals surface area contributed by atoms with Crippen LogP contribution < -0.4 is 21.7 Å². The summed E-state index contributed by atoms with van der Waals surface area (Å²) in [7, 11) is 0. The van der Waals surface area contributed by atoms with Crippen LogP contribution in [0.3, 0.4) is 0 Å². The molecule has 4 unspecified atom stereocenters. The maximum atomic E-state index is 12.8. The quantitative estimate of drug-likeness (QED) is 0.166. The number of aliphatic carboxylic acids is 2. The molecule has 0 aromatic heterocycles. The van der Waals surface area contributed by atoms with Crippen LogP contribution in [0.4, 0.5) is 0 Å². The Hall–Kier alpha value is -2.34. The van der Waals surface area contributed by atoms with E-state index in [0.29, 0.717) is 0 Å². The second-order valence-electron chi connectivity index (χ2n) is 8.04. The minimum absolute atomic E-state index is 0.0122. The number of carbonyl (C=O) groups excluding carboxylic acids is 3. The van der Waals surface area contributed by atoms with E-state index >= 15 is 0 Å². The zero-order valence-electron chi connectivity index (χ0n) is 18.3. The van der Waals surface area contributed by atoms with Crippen LogP contribution in [-0.4, -0.2) is 69.8 Å². The number of carbonyl (C=O) groups is 5. The lowest BCUT2D eigenvalue weighted by Crippen LogP contribution is -2.58. The van der Waals surface area contributed by atoms with Gasteiger partial charge in [0.1, 0.15) is 18.1 Å². The van der Waals surface area contributed by atoms with Gasteiger partial charge in [0.25, 0.3) is 0 Å². The Labute approximate surface area is 187 Å². The Balaban J connectivity index is 5.49. The second kappa shape index (κ2) is 13.9. The van der Waals surface area contributed by atoms with Crippen molar-refractivity contribution in [1.29, 1.82) is 0 Å². The number of nitrogens with two attached hydrogens (primary N) is 1. The summed E-state index contributed by atoms with van der Waals surface area (Å²) in [6, 6.07) is -4.45. The van der Waals surface area contributed by atoms with E-state index in [0.717, 1.165) is 0 Å². The first kappa shape index (κ1) is 28.7. The molecule has 31 heavy (non-hydrogen) atoms. The molecule has 0 bridgehead atoms. The summed E-state index contributed by atoms with van der Waals surface area (Å²) in [4.78, 5) is 59.7. The van der Waals surface area contributed by atoms with Gasteiger partial charge in [0.15, 0.2) is 0 Å². The Morgan fingerprint density at radius 2 is 1.32 bits per heavy atom. The van der Waals surface area contributed by atoms with E-state index < -0.39 is 60.2 Å². The van der Waals surface area contributed by atoms with E-state index in [1.54, 1.807) is 13.8 Å². The van der Waals surface area contributed by atoms with E-state index in [1.165, 1.54) is 0 Å². The standard InChI is InChI=1S/C19H34N4O7S/c1-9(2)7-12(22-18(28)15(20)10(3)4)17(27)21-11(5-6-14(24)25)16(26)23-13(8-31)19(29)30/h9-13,15,31H,5-8,20H2,1-4H3,(H,21,27)(H,22,28)(H,23,26)(H,24,25)(H,29,30). The molecular weight excluding hydrogens is 428 g/mol. The van der Waals surface area contributed by atoms with Crippen LogP contribution in [-0.2, 0) is 24.0 Å². The van der Waals surface area contributed by atoms with Gasteiger partial charge in [-0.3, -0.25) is 19.2 Å². The molecule has 12 heteroatoms. The largest absolute Gasteiger partial charge is 0.481 e. The van der Waals surface area contributed by atoms with Crippen molar-refractivity contribution < 1.29 is 34.2 Å². The first-order valence-electron chi connectivity index (χ1n) is 10.0. The minimum atomic E-state index is -1.32. The van der Waals surface area contributed by atoms with E-state index in [-0.39, 0.29) is 30.4 Å². The van der Waals surface area contributed by atoms with Gasteiger partial charge in [-0.05, 0) is 24.7 Å². The third-order valence-corrected chi connectivity index (χ3v) is 4.80. The monoisotopic (exact) mass is 462 g/mol. The van der Waals surface area contributed by atoms with Crippen molar-refractivity contribution >= 4 is 42.3 Å². The lowest BCUT2D eigenvalue weighted by molar-refractivity contribution is -0.142. The molecule has 0 saturated heterocycles. The number of rotatable bonds is 14. The molecule has 0 rings (SSSR count). The molecule has 11 nitrogen and oxygen atoms in total. The Kier molecular flexibility index (Phi) is 12.8. The van der Waals surface area contributed by atoms with Crippen LogP contribution in [0.25, 0.3) is 0 Å². The van der Waals surface area contributed by atoms with Crippen LogP contribution >= 0.6 is 12.6 Å². The lowest BCUT2D eigenvalue weighted by Gasteiger charge is -2.26. The summed E-state index contributed by atoms with van der Waals surface area (Å²) in [6.07, 6.45) is -0.444. The van der Waals surface area contributed by atoms with Gasteiger partial charge in [0.05, 0.1) is 6.04 Å². The number of hydrogen-bond donors (Lipinski definition) is 7. The number of amides is 3. The average molecular weight is 463 g/mol. The number of nitrogens with one attached hydrogen (secondary N) is 3. The molecule has 0 saturated carbocycles. The molecule has 178 valence electrons. The molecule has 7 N–H and O–H groups in total. The molecule has 0 fully saturated rings. The third-order valence-electron chi connectivity index (χ3n) is 4.44. The van der Waals surface area contributed by atoms with E-state index in [2.05, 4.69) is 28.6 Å². The van der Waals surface area contributed by atoms with Gasteiger partial charge in [-0.15, -0.1) is 0 Å². The van der Waals surface area contributed by atoms with Gasteiger partial charge < -0.3 is 31.9 Å². The second-order valence-corrected chi connectivity index (χ2v) is 8.40. The van der Waals surface area contributed by atoms with E-state index in [1.807, 2.05) is 13.8 Å². The highest BCUT2D eigenvalue weighted by Gasteiger charge is 2.31. The topological polar surface area (TPSA) is 188 Å². The van der Waals surface area contributed by atoms with Crippen LogP contribution in [0, 0.1) is 11.8 Å². The van der Waals surface area contributed by atoms with Crippen LogP contribution in [0.15, 0.2) is 0 Å². The molecule has 0 spiro atoms. The predicted octanol–water partition coefficient (Wildman–Crippen LogP) is -0.651. The Morgan fingerprint density at radius 3 is 1.74 bits per heavy atom. The lowest BCUT2D eigenvalue weighted by atomic mass is 10.00. The fourth-order valence-electron chi connectivity index (χ4n) is 2.54. The minimum Gasteiger partial charge on any atom is -0.481 e. The summed E-state index contributed by atoms with van der Waals surface area (Å²) in [5.41, 5.74) is 5.83. The molecule has 0 aliphatic heterocycles. The first-order chi connectivity index (χ1) is 14.3. The molecule has 0 aliphatic rings. The molecule has 0 heterocycles. The third kappa shape index (κ3) is 11.0. The zero-order valence-corrected chi connectivity index (χ0v) is 19.1. The molecule has 0 radical (unpaired) electrons.